The summed E-state index contributed by atoms with van der Waals surface area (Å²) in [5.41, 5.74) is 6.21. The van der Waals surface area contributed by atoms with E-state index >= 15 is 0 Å². The van der Waals surface area contributed by atoms with Crippen LogP contribution < -0.4 is 11.1 Å². The van der Waals surface area contributed by atoms with Crippen LogP contribution in [0.4, 0.5) is 5.13 Å². The number of anilines is 1. The number of amides is 1. The lowest BCUT2D eigenvalue weighted by Crippen LogP contribution is -2.22. The van der Waals surface area contributed by atoms with Gasteiger partial charge in [-0.25, -0.2) is 4.98 Å². The number of nitrogens with zero attached hydrogens (tertiary/aromatic N) is 1. The molecule has 0 bridgehead atoms. The predicted molar refractivity (Wildman–Crippen MR) is 64.1 cm³/mol. The molecule has 0 spiro atoms. The van der Waals surface area contributed by atoms with Gasteiger partial charge in [0.05, 0.1) is 12.2 Å². The SMILES string of the molecule is Nc1nc(CNC(=O)c2ccc(Br)o2)cs1. The summed E-state index contributed by atoms with van der Waals surface area (Å²) >= 11 is 4.47. The highest BCUT2D eigenvalue weighted by Crippen LogP contribution is 2.14. The Kier molecular flexibility index (Phi) is 3.25. The second-order valence-electron chi connectivity index (χ2n) is 2.96. The van der Waals surface area contributed by atoms with Crippen LogP contribution in [0.2, 0.25) is 0 Å². The van der Waals surface area contributed by atoms with Crippen molar-refractivity contribution in [3.8, 4) is 0 Å². The Morgan fingerprint density at radius 3 is 3.00 bits per heavy atom. The molecule has 0 saturated heterocycles. The van der Waals surface area contributed by atoms with Gasteiger partial charge in [0, 0.05) is 5.38 Å². The van der Waals surface area contributed by atoms with E-state index in [4.69, 9.17) is 10.2 Å². The van der Waals surface area contributed by atoms with E-state index in [-0.39, 0.29) is 11.7 Å². The first-order chi connectivity index (χ1) is 7.65. The molecule has 0 aliphatic heterocycles. The van der Waals surface area contributed by atoms with Crippen molar-refractivity contribution in [2.24, 2.45) is 0 Å². The molecular formula is C9H8BrN3O2S. The molecule has 0 fully saturated rings. The van der Waals surface area contributed by atoms with Crippen LogP contribution in [0, 0.1) is 0 Å². The number of carbonyl (C=O) groups excluding carboxylic acids is 1. The van der Waals surface area contributed by atoms with E-state index in [0.717, 1.165) is 5.69 Å². The van der Waals surface area contributed by atoms with Crippen molar-refractivity contribution in [2.45, 2.75) is 6.54 Å². The topological polar surface area (TPSA) is 81.1 Å². The Bertz CT molecular complexity index is 508. The van der Waals surface area contributed by atoms with Crippen molar-refractivity contribution in [1.29, 1.82) is 0 Å². The van der Waals surface area contributed by atoms with Gasteiger partial charge in [-0.3, -0.25) is 4.79 Å². The van der Waals surface area contributed by atoms with Gasteiger partial charge < -0.3 is 15.5 Å². The van der Waals surface area contributed by atoms with Crippen LogP contribution in [0.5, 0.6) is 0 Å². The molecule has 0 saturated carbocycles. The number of halogens is 1. The predicted octanol–water partition coefficient (Wildman–Crippen LogP) is 2.01. The molecule has 2 rings (SSSR count). The summed E-state index contributed by atoms with van der Waals surface area (Å²) in [6, 6.07) is 3.25. The normalized spacial score (nSPS) is 10.3. The van der Waals surface area contributed by atoms with Crippen molar-refractivity contribution in [3.05, 3.63) is 33.6 Å². The Morgan fingerprint density at radius 1 is 1.62 bits per heavy atom. The molecule has 0 radical (unpaired) electrons. The smallest absolute Gasteiger partial charge is 0.287 e. The average molecular weight is 302 g/mol. The summed E-state index contributed by atoms with van der Waals surface area (Å²) in [5, 5.41) is 4.97. The van der Waals surface area contributed by atoms with Crippen LogP contribution in [-0.4, -0.2) is 10.9 Å². The molecule has 3 N–H and O–H groups in total. The molecule has 7 heteroatoms. The molecule has 0 aliphatic rings. The maximum atomic E-state index is 11.6. The van der Waals surface area contributed by atoms with Crippen LogP contribution in [0.3, 0.4) is 0 Å². The summed E-state index contributed by atoms with van der Waals surface area (Å²) in [6.07, 6.45) is 0. The molecule has 2 aromatic rings. The largest absolute Gasteiger partial charge is 0.444 e. The van der Waals surface area contributed by atoms with Gasteiger partial charge in [-0.2, -0.15) is 0 Å². The van der Waals surface area contributed by atoms with Crippen LogP contribution >= 0.6 is 27.3 Å². The van der Waals surface area contributed by atoms with Gasteiger partial charge in [0.25, 0.3) is 5.91 Å². The number of rotatable bonds is 3. The first-order valence-corrected chi connectivity index (χ1v) is 6.06. The third-order valence-corrected chi connectivity index (χ3v) is 2.95. The number of furan rings is 1. The summed E-state index contributed by atoms with van der Waals surface area (Å²) < 4.78 is 5.62. The standard InChI is InChI=1S/C9H8BrN3O2S/c10-7-2-1-6(15-7)8(14)12-3-5-4-16-9(11)13-5/h1-2,4H,3H2,(H2,11,13)(H,12,14). The molecule has 0 atom stereocenters. The molecule has 5 nitrogen and oxygen atoms in total. The highest BCUT2D eigenvalue weighted by molar-refractivity contribution is 9.10. The van der Waals surface area contributed by atoms with Crippen LogP contribution in [-0.2, 0) is 6.54 Å². The lowest BCUT2D eigenvalue weighted by atomic mass is 10.4. The monoisotopic (exact) mass is 301 g/mol. The lowest BCUT2D eigenvalue weighted by molar-refractivity contribution is 0.0921. The van der Waals surface area contributed by atoms with Crippen LogP contribution in [0.1, 0.15) is 16.2 Å². The Labute approximate surface area is 104 Å². The summed E-state index contributed by atoms with van der Waals surface area (Å²) in [6.45, 7) is 0.338. The Balaban J connectivity index is 1.93. The van der Waals surface area contributed by atoms with Crippen LogP contribution in [0.25, 0.3) is 0 Å². The Hall–Kier alpha value is -1.34. The fraction of sp³-hybridized carbons (Fsp3) is 0.111. The van der Waals surface area contributed by atoms with E-state index in [0.29, 0.717) is 16.3 Å². The maximum absolute atomic E-state index is 11.6. The third-order valence-electron chi connectivity index (χ3n) is 1.80. The number of nitrogens with one attached hydrogen (secondary N) is 1. The van der Waals surface area contributed by atoms with Gasteiger partial charge >= 0.3 is 0 Å². The van der Waals surface area contributed by atoms with Gasteiger partial charge in [0.1, 0.15) is 0 Å². The van der Waals surface area contributed by atoms with Crippen molar-refractivity contribution in [1.82, 2.24) is 10.3 Å². The molecule has 2 heterocycles. The number of aromatic nitrogens is 1. The average Bonchev–Trinajstić information content (AvgIpc) is 2.84. The van der Waals surface area contributed by atoms with Crippen LogP contribution in [0.15, 0.2) is 26.6 Å². The zero-order valence-electron chi connectivity index (χ0n) is 8.07. The van der Waals surface area contributed by atoms with Gasteiger partial charge in [-0.15, -0.1) is 11.3 Å². The number of nitrogen functional groups attached to an aromatic ring is 1. The van der Waals surface area contributed by atoms with E-state index in [1.54, 1.807) is 17.5 Å². The van der Waals surface area contributed by atoms with Crippen molar-refractivity contribution in [2.75, 3.05) is 5.73 Å². The molecule has 2 aromatic heterocycles. The highest BCUT2D eigenvalue weighted by Gasteiger charge is 2.10. The number of hydrogen-bond acceptors (Lipinski definition) is 5. The highest BCUT2D eigenvalue weighted by atomic mass is 79.9. The van der Waals surface area contributed by atoms with Crippen molar-refractivity contribution >= 4 is 38.3 Å². The molecule has 84 valence electrons. The summed E-state index contributed by atoms with van der Waals surface area (Å²) in [7, 11) is 0. The lowest BCUT2D eigenvalue weighted by Gasteiger charge is -1.99. The zero-order valence-corrected chi connectivity index (χ0v) is 10.5. The fourth-order valence-corrected chi connectivity index (χ4v) is 1.97. The van der Waals surface area contributed by atoms with E-state index in [2.05, 4.69) is 26.2 Å². The molecule has 0 aromatic carbocycles. The second kappa shape index (κ2) is 4.67. The quantitative estimate of drug-likeness (QED) is 0.908. The number of nitrogens with two attached hydrogens (primary N) is 1. The molecule has 0 unspecified atom stereocenters. The maximum Gasteiger partial charge on any atom is 0.287 e. The third kappa shape index (κ3) is 2.61. The fourth-order valence-electron chi connectivity index (χ4n) is 1.10. The van der Waals surface area contributed by atoms with E-state index in [1.165, 1.54) is 11.3 Å². The zero-order chi connectivity index (χ0) is 11.5. The van der Waals surface area contributed by atoms with Gasteiger partial charge in [-0.05, 0) is 28.1 Å². The summed E-state index contributed by atoms with van der Waals surface area (Å²) in [4.78, 5) is 15.6. The number of carbonyl (C=O) groups is 1. The minimum atomic E-state index is -0.280. The number of thiazole rings is 1. The van der Waals surface area contributed by atoms with E-state index < -0.39 is 0 Å². The molecular weight excluding hydrogens is 294 g/mol. The minimum Gasteiger partial charge on any atom is -0.444 e. The van der Waals surface area contributed by atoms with E-state index in [1.807, 2.05) is 0 Å². The van der Waals surface area contributed by atoms with Gasteiger partial charge in [-0.1, -0.05) is 0 Å². The van der Waals surface area contributed by atoms with Crippen molar-refractivity contribution in [3.63, 3.8) is 0 Å². The first-order valence-electron chi connectivity index (χ1n) is 4.38. The molecule has 1 amide bonds. The first kappa shape index (κ1) is 11.2. The van der Waals surface area contributed by atoms with Crippen molar-refractivity contribution < 1.29 is 9.21 Å². The van der Waals surface area contributed by atoms with Gasteiger partial charge in [0.2, 0.25) is 0 Å². The van der Waals surface area contributed by atoms with Gasteiger partial charge in [0.15, 0.2) is 15.6 Å². The molecule has 16 heavy (non-hydrogen) atoms. The number of hydrogen-bond donors (Lipinski definition) is 2. The van der Waals surface area contributed by atoms with E-state index in [9.17, 15) is 4.79 Å². The second-order valence-corrected chi connectivity index (χ2v) is 4.63. The molecule has 0 aliphatic carbocycles. The summed E-state index contributed by atoms with van der Waals surface area (Å²) in [5.74, 6) is -0.0210. The Morgan fingerprint density at radius 2 is 2.44 bits per heavy atom. The minimum absolute atomic E-state index is 0.259.